The Labute approximate surface area is 267 Å². The number of hydrogen-bond donors (Lipinski definition) is 0. The van der Waals surface area contributed by atoms with Crippen molar-refractivity contribution in [3.63, 3.8) is 0 Å². The van der Waals surface area contributed by atoms with Crippen LogP contribution >= 0.6 is 34.9 Å². The van der Waals surface area contributed by atoms with Crippen molar-refractivity contribution in [2.45, 2.75) is 0 Å². The van der Waals surface area contributed by atoms with Gasteiger partial charge in [-0.25, -0.2) is 0 Å². The van der Waals surface area contributed by atoms with Crippen molar-refractivity contribution in [2.24, 2.45) is 0 Å². The summed E-state index contributed by atoms with van der Waals surface area (Å²) in [6, 6.07) is 60.6. The molecule has 0 N–H and O–H groups in total. The molecule has 0 heterocycles. The molecule has 6 rings (SSSR count). The topological polar surface area (TPSA) is 9.23 Å². The van der Waals surface area contributed by atoms with Crippen molar-refractivity contribution in [3.05, 3.63) is 170 Å². The summed E-state index contributed by atoms with van der Waals surface area (Å²) in [6.45, 7) is 0. The van der Waals surface area contributed by atoms with E-state index in [1.54, 1.807) is 0 Å². The molecule has 0 aliphatic rings. The Hall–Kier alpha value is -2.78. The first kappa shape index (κ1) is 30.7. The maximum atomic E-state index is 6.94. The van der Waals surface area contributed by atoms with Crippen LogP contribution in [-0.2, 0) is 15.9 Å². The second kappa shape index (κ2) is 16.2. The average molecular weight is 718 g/mol. The van der Waals surface area contributed by atoms with Crippen molar-refractivity contribution >= 4 is 66.7 Å². The third-order valence-electron chi connectivity index (χ3n) is 6.78. The van der Waals surface area contributed by atoms with E-state index in [9.17, 15) is 0 Å². The van der Waals surface area contributed by atoms with Crippen molar-refractivity contribution in [1.29, 1.82) is 0 Å². The first-order chi connectivity index (χ1) is 20.8. The van der Waals surface area contributed by atoms with E-state index in [0.29, 0.717) is 0 Å². The zero-order valence-electron chi connectivity index (χ0n) is 22.6. The van der Waals surface area contributed by atoms with Crippen LogP contribution in [0.15, 0.2) is 170 Å². The third-order valence-corrected chi connectivity index (χ3v) is 12.3. The number of hydrogen-bond acceptors (Lipinski definition) is 1. The summed E-state index contributed by atoms with van der Waals surface area (Å²) in [7, 11) is 7.07. The first-order valence-electron chi connectivity index (χ1n) is 13.4. The Morgan fingerprint density at radius 1 is 0.357 bits per heavy atom. The zero-order chi connectivity index (χ0) is 29.0. The summed E-state index contributed by atoms with van der Waals surface area (Å²) in [5, 5.41) is 7.88. The van der Waals surface area contributed by atoms with Gasteiger partial charge >= 0.3 is 35.0 Å². The summed E-state index contributed by atoms with van der Waals surface area (Å²) in [5.74, 6) is 1.85. The fraction of sp³-hybridized carbons (Fsp3) is 0. The van der Waals surface area contributed by atoms with E-state index in [1.807, 2.05) is 0 Å². The average Bonchev–Trinajstić information content (AvgIpc) is 3.05. The molecule has 0 fully saturated rings. The van der Waals surface area contributed by atoms with Crippen LogP contribution in [-0.4, -0.2) is 0 Å². The zero-order valence-corrected chi connectivity index (χ0v) is 27.7. The summed E-state index contributed by atoms with van der Waals surface area (Å²) in [4.78, 5) is 0. The SMILES string of the molecule is [Cl][Pd][Cl].c1ccc([PH+](c2ccccc2)c2ccccc2Oc2ccccc2[PH+](c2ccccc2)c2ccccc2)cc1. The Kier molecular flexibility index (Phi) is 11.8. The number of benzene rings is 6. The minimum Gasteiger partial charge on any atom is -0.449 e. The van der Waals surface area contributed by atoms with Crippen molar-refractivity contribution in [2.75, 3.05) is 0 Å². The van der Waals surface area contributed by atoms with Gasteiger partial charge in [-0.05, 0) is 72.8 Å². The van der Waals surface area contributed by atoms with Gasteiger partial charge < -0.3 is 4.74 Å². The summed E-state index contributed by atoms with van der Waals surface area (Å²) in [5.41, 5.74) is 0. The second-order valence-corrected chi connectivity index (χ2v) is 16.6. The van der Waals surface area contributed by atoms with E-state index in [-0.39, 0.29) is 15.9 Å². The normalized spacial score (nSPS) is 10.8. The summed E-state index contributed by atoms with van der Waals surface area (Å²) in [6.07, 6.45) is 0. The van der Waals surface area contributed by atoms with Crippen molar-refractivity contribution in [3.8, 4) is 11.5 Å². The fourth-order valence-corrected chi connectivity index (χ4v) is 10.3. The van der Waals surface area contributed by atoms with Gasteiger partial charge in [-0.2, -0.15) is 0 Å². The quantitative estimate of drug-likeness (QED) is 0.115. The minimum atomic E-state index is -1.28. The first-order valence-corrected chi connectivity index (χ1v) is 20.4. The predicted octanol–water partition coefficient (Wildman–Crippen LogP) is 7.84. The Morgan fingerprint density at radius 3 is 0.881 bits per heavy atom. The maximum absolute atomic E-state index is 6.94. The molecule has 6 aromatic rings. The molecule has 6 aromatic carbocycles. The maximum Gasteiger partial charge on any atom is 0.170 e. The number of ether oxygens (including phenoxy) is 1. The molecule has 0 aliphatic carbocycles. The number of rotatable bonds is 8. The van der Waals surface area contributed by atoms with Gasteiger partial charge in [-0.3, -0.25) is 0 Å². The van der Waals surface area contributed by atoms with Crippen LogP contribution in [0.25, 0.3) is 0 Å². The molecular weight excluding hydrogens is 688 g/mol. The molecule has 0 saturated heterocycles. The van der Waals surface area contributed by atoms with Gasteiger partial charge in [0, 0.05) is 0 Å². The van der Waals surface area contributed by atoms with Gasteiger partial charge in [-0.1, -0.05) is 97.1 Å². The summed E-state index contributed by atoms with van der Waals surface area (Å²) < 4.78 is 6.94. The Balaban J connectivity index is 0.00000113. The monoisotopic (exact) mass is 716 g/mol. The van der Waals surface area contributed by atoms with E-state index >= 15 is 0 Å². The Morgan fingerprint density at radius 2 is 0.595 bits per heavy atom. The molecule has 212 valence electrons. The second-order valence-electron chi connectivity index (χ2n) is 9.35. The van der Waals surface area contributed by atoms with Crippen molar-refractivity contribution in [1.82, 2.24) is 0 Å². The van der Waals surface area contributed by atoms with Gasteiger partial charge in [-0.15, -0.1) is 0 Å². The molecule has 0 saturated carbocycles. The largest absolute Gasteiger partial charge is 0.449 e. The third kappa shape index (κ3) is 7.78. The van der Waals surface area contributed by atoms with Gasteiger partial charge in [0.2, 0.25) is 0 Å². The van der Waals surface area contributed by atoms with Gasteiger partial charge in [0.1, 0.15) is 47.7 Å². The number of para-hydroxylation sites is 2. The fourth-order valence-electron chi connectivity index (χ4n) is 5.02. The van der Waals surface area contributed by atoms with Crippen LogP contribution in [0.2, 0.25) is 0 Å². The Bertz CT molecular complexity index is 1450. The van der Waals surface area contributed by atoms with E-state index in [1.165, 1.54) is 31.8 Å². The molecular formula is C36H30Cl2OP2Pd+2. The predicted molar refractivity (Wildman–Crippen MR) is 185 cm³/mol. The van der Waals surface area contributed by atoms with Crippen LogP contribution in [0.3, 0.4) is 0 Å². The van der Waals surface area contributed by atoms with Gasteiger partial charge in [0.15, 0.2) is 11.5 Å². The van der Waals surface area contributed by atoms with Crippen LogP contribution in [0, 0.1) is 0 Å². The molecule has 0 aliphatic heterocycles. The van der Waals surface area contributed by atoms with E-state index in [0.717, 1.165) is 11.5 Å². The molecule has 0 bridgehead atoms. The smallest absolute Gasteiger partial charge is 0.170 e. The van der Waals surface area contributed by atoms with E-state index in [2.05, 4.69) is 170 Å². The summed E-state index contributed by atoms with van der Waals surface area (Å²) >= 11 is -0.106. The molecule has 1 nitrogen and oxygen atoms in total. The molecule has 0 radical (unpaired) electrons. The molecule has 42 heavy (non-hydrogen) atoms. The molecule has 0 spiro atoms. The molecule has 0 aromatic heterocycles. The van der Waals surface area contributed by atoms with Crippen LogP contribution < -0.4 is 36.6 Å². The minimum absolute atomic E-state index is 0.106. The van der Waals surface area contributed by atoms with E-state index < -0.39 is 15.8 Å². The molecule has 6 heteroatoms. The van der Waals surface area contributed by atoms with Gasteiger partial charge in [0.05, 0.1) is 0 Å². The van der Waals surface area contributed by atoms with Gasteiger partial charge in [0.25, 0.3) is 0 Å². The molecule has 0 atom stereocenters. The van der Waals surface area contributed by atoms with Crippen LogP contribution in [0.5, 0.6) is 11.5 Å². The molecule has 0 unspecified atom stereocenters. The van der Waals surface area contributed by atoms with Crippen molar-refractivity contribution < 1.29 is 20.7 Å². The van der Waals surface area contributed by atoms with Crippen LogP contribution in [0.4, 0.5) is 0 Å². The van der Waals surface area contributed by atoms with Crippen LogP contribution in [0.1, 0.15) is 0 Å². The number of halogens is 2. The molecule has 0 amide bonds. The van der Waals surface area contributed by atoms with E-state index in [4.69, 9.17) is 23.8 Å². The standard InChI is InChI=1S/C36H28OP2.2ClH.Pd/c1-5-17-29(18-6-1)38(30-19-7-2-8-20-30)35-27-15-13-25-33(35)37-34-26-14-16-28-36(34)39(31-21-9-3-10-22-31)32-23-11-4-12-24-32;;;/h1-28H;2*1H;/q;;;+2.